The number of rotatable bonds is 9. The summed E-state index contributed by atoms with van der Waals surface area (Å²) in [4.78, 5) is 41.7. The van der Waals surface area contributed by atoms with Crippen LogP contribution in [-0.2, 0) is 23.1 Å². The number of hydrogen-bond acceptors (Lipinski definition) is 7. The van der Waals surface area contributed by atoms with Gasteiger partial charge in [-0.3, -0.25) is 19.4 Å². The zero-order chi connectivity index (χ0) is 29.2. The fourth-order valence-corrected chi connectivity index (χ4v) is 4.45. The van der Waals surface area contributed by atoms with Crippen LogP contribution in [0.2, 0.25) is 5.02 Å². The Morgan fingerprint density at radius 3 is 2.40 bits per heavy atom. The van der Waals surface area contributed by atoms with Crippen LogP contribution >= 0.6 is 11.6 Å². The number of halogens is 1. The van der Waals surface area contributed by atoms with Gasteiger partial charge < -0.3 is 15.2 Å². The Labute approximate surface area is 237 Å². The molecular weight excluding hydrogens is 532 g/mol. The van der Waals surface area contributed by atoms with Crippen LogP contribution in [0.4, 0.5) is 0 Å². The van der Waals surface area contributed by atoms with Crippen molar-refractivity contribution >= 4 is 40.1 Å². The van der Waals surface area contributed by atoms with Gasteiger partial charge in [0.05, 0.1) is 29.6 Å². The van der Waals surface area contributed by atoms with Crippen molar-refractivity contribution in [3.63, 3.8) is 0 Å². The first-order valence-electron chi connectivity index (χ1n) is 12.8. The van der Waals surface area contributed by atoms with Gasteiger partial charge in [0, 0.05) is 47.3 Å². The molecule has 2 heterocycles. The third-order valence-corrected chi connectivity index (χ3v) is 6.75. The maximum atomic E-state index is 13.0. The van der Waals surface area contributed by atoms with Crippen molar-refractivity contribution in [1.82, 2.24) is 14.8 Å². The molecule has 0 aliphatic heterocycles. The molecule has 0 unspecified atom stereocenters. The summed E-state index contributed by atoms with van der Waals surface area (Å²) in [5, 5.41) is 5.39. The summed E-state index contributed by atoms with van der Waals surface area (Å²) < 4.78 is 12.7. The zero-order valence-corrected chi connectivity index (χ0v) is 23.8. The number of ketones is 1. The van der Waals surface area contributed by atoms with E-state index in [1.807, 2.05) is 26.8 Å². The van der Waals surface area contributed by atoms with Crippen molar-refractivity contribution in [2.24, 2.45) is 5.73 Å². The second-order valence-corrected chi connectivity index (χ2v) is 10.8. The predicted molar refractivity (Wildman–Crippen MR) is 153 cm³/mol. The van der Waals surface area contributed by atoms with Crippen molar-refractivity contribution in [3.05, 3.63) is 76.2 Å². The van der Waals surface area contributed by atoms with E-state index >= 15 is 0 Å². The van der Waals surface area contributed by atoms with Crippen molar-refractivity contribution in [2.75, 3.05) is 7.11 Å². The first-order valence-corrected chi connectivity index (χ1v) is 13.2. The number of carbonyl (C=O) groups excluding carboxylic acids is 3. The van der Waals surface area contributed by atoms with Crippen molar-refractivity contribution in [2.45, 2.75) is 52.4 Å². The molecule has 0 radical (unpaired) electrons. The highest BCUT2D eigenvalue weighted by atomic mass is 35.5. The molecule has 0 saturated heterocycles. The van der Waals surface area contributed by atoms with E-state index in [0.717, 1.165) is 5.69 Å². The van der Waals surface area contributed by atoms with Gasteiger partial charge in [0.1, 0.15) is 23.0 Å². The van der Waals surface area contributed by atoms with E-state index in [4.69, 9.17) is 26.8 Å². The first kappa shape index (κ1) is 28.8. The monoisotopic (exact) mass is 562 g/mol. The SMILES string of the molecule is CCC(=O)n1nc(C(C)(C)C)cc1CC(=O)Cc1ccc(Oc2ccnc3cc(OC)c(C(N)=O)cc23)cc1Cl. The summed E-state index contributed by atoms with van der Waals surface area (Å²) >= 11 is 6.54. The molecule has 208 valence electrons. The second kappa shape index (κ2) is 11.5. The number of carbonyl (C=O) groups is 3. The number of fused-ring (bicyclic) bond motifs is 1. The second-order valence-electron chi connectivity index (χ2n) is 10.4. The molecule has 4 rings (SSSR count). The van der Waals surface area contributed by atoms with Crippen LogP contribution in [-0.4, -0.2) is 39.5 Å². The van der Waals surface area contributed by atoms with E-state index in [2.05, 4.69) is 10.1 Å². The van der Waals surface area contributed by atoms with Crippen molar-refractivity contribution in [1.29, 1.82) is 0 Å². The number of benzene rings is 2. The lowest BCUT2D eigenvalue weighted by Crippen LogP contribution is -2.18. The summed E-state index contributed by atoms with van der Waals surface area (Å²) in [6, 6.07) is 11.7. The Kier molecular flexibility index (Phi) is 8.25. The largest absolute Gasteiger partial charge is 0.496 e. The van der Waals surface area contributed by atoms with Crippen LogP contribution in [0.5, 0.6) is 17.2 Å². The van der Waals surface area contributed by atoms with E-state index in [9.17, 15) is 14.4 Å². The first-order chi connectivity index (χ1) is 18.9. The van der Waals surface area contributed by atoms with Gasteiger partial charge in [-0.15, -0.1) is 0 Å². The van der Waals surface area contributed by atoms with Gasteiger partial charge in [-0.1, -0.05) is 45.4 Å². The normalized spacial score (nSPS) is 11.4. The molecule has 0 aliphatic carbocycles. The molecule has 0 fully saturated rings. The van der Waals surface area contributed by atoms with Gasteiger partial charge in [0.15, 0.2) is 0 Å². The van der Waals surface area contributed by atoms with Crippen LogP contribution in [0.1, 0.15) is 66.2 Å². The number of aromatic nitrogens is 3. The molecule has 2 aromatic carbocycles. The Morgan fingerprint density at radius 2 is 1.77 bits per heavy atom. The number of Topliss-reactive ketones (excluding diaryl/α,β-unsaturated/α-hetero) is 1. The summed E-state index contributed by atoms with van der Waals surface area (Å²) in [6.07, 6.45) is 1.99. The number of methoxy groups -OCH3 is 1. The highest BCUT2D eigenvalue weighted by molar-refractivity contribution is 6.31. The molecule has 0 aliphatic rings. The third-order valence-electron chi connectivity index (χ3n) is 6.40. The Hall–Kier alpha value is -4.24. The lowest BCUT2D eigenvalue weighted by molar-refractivity contribution is -0.117. The van der Waals surface area contributed by atoms with Gasteiger partial charge in [0.2, 0.25) is 5.91 Å². The van der Waals surface area contributed by atoms with Gasteiger partial charge in [-0.05, 0) is 35.9 Å². The average molecular weight is 563 g/mol. The summed E-state index contributed by atoms with van der Waals surface area (Å²) in [5.41, 5.74) is 7.96. The quantitative estimate of drug-likeness (QED) is 0.278. The summed E-state index contributed by atoms with van der Waals surface area (Å²) in [5.74, 6) is 0.294. The molecule has 9 nitrogen and oxygen atoms in total. The minimum atomic E-state index is -0.637. The fourth-order valence-electron chi connectivity index (χ4n) is 4.22. The number of amides is 1. The Balaban J connectivity index is 1.54. The van der Waals surface area contributed by atoms with Crippen molar-refractivity contribution in [3.8, 4) is 17.2 Å². The molecular formula is C30H31ClN4O5. The lowest BCUT2D eigenvalue weighted by atomic mass is 9.92. The van der Waals surface area contributed by atoms with Gasteiger partial charge >= 0.3 is 0 Å². The molecule has 40 heavy (non-hydrogen) atoms. The van der Waals surface area contributed by atoms with Gasteiger partial charge in [0.25, 0.3) is 5.91 Å². The number of nitrogens with zero attached hydrogens (tertiary/aromatic N) is 3. The lowest BCUT2D eigenvalue weighted by Gasteiger charge is -2.13. The highest BCUT2D eigenvalue weighted by Crippen LogP contribution is 2.34. The van der Waals surface area contributed by atoms with Crippen LogP contribution in [0.15, 0.2) is 48.7 Å². The third kappa shape index (κ3) is 6.15. The van der Waals surface area contributed by atoms with E-state index < -0.39 is 5.91 Å². The van der Waals surface area contributed by atoms with Crippen molar-refractivity contribution < 1.29 is 23.9 Å². The minimum Gasteiger partial charge on any atom is -0.496 e. The smallest absolute Gasteiger partial charge is 0.252 e. The summed E-state index contributed by atoms with van der Waals surface area (Å²) in [7, 11) is 1.45. The molecule has 0 atom stereocenters. The Morgan fingerprint density at radius 1 is 1.02 bits per heavy atom. The number of pyridine rings is 1. The minimum absolute atomic E-state index is 0.0536. The number of nitrogens with two attached hydrogens (primary N) is 1. The van der Waals surface area contributed by atoms with Crippen LogP contribution in [0.3, 0.4) is 0 Å². The van der Waals surface area contributed by atoms with E-state index in [0.29, 0.717) is 44.4 Å². The molecule has 0 bridgehead atoms. The molecule has 2 N–H and O–H groups in total. The Bertz CT molecular complexity index is 1620. The molecule has 0 saturated carbocycles. The fraction of sp³-hybridized carbons (Fsp3) is 0.300. The number of ether oxygens (including phenoxy) is 2. The molecule has 4 aromatic rings. The maximum absolute atomic E-state index is 13.0. The zero-order valence-electron chi connectivity index (χ0n) is 23.1. The van der Waals surface area contributed by atoms with Gasteiger partial charge in [-0.2, -0.15) is 5.10 Å². The number of hydrogen-bond donors (Lipinski definition) is 1. The maximum Gasteiger partial charge on any atom is 0.252 e. The van der Waals surface area contributed by atoms with E-state index in [1.54, 1.807) is 49.5 Å². The number of primary amides is 1. The van der Waals surface area contributed by atoms with Crippen LogP contribution in [0, 0.1) is 0 Å². The van der Waals surface area contributed by atoms with Crippen LogP contribution in [0.25, 0.3) is 10.9 Å². The standard InChI is InChI=1S/C30H31ClN4O5/c1-6-28(37)35-18(13-27(34-35)30(2,3)4)12-19(36)11-17-7-8-20(14-23(17)31)40-25-9-10-33-24-16-26(39-5)22(29(32)38)15-21(24)25/h7-10,13-16H,6,11-12H2,1-5H3,(H2,32,38). The molecule has 0 spiro atoms. The predicted octanol–water partition coefficient (Wildman–Crippen LogP) is 5.69. The highest BCUT2D eigenvalue weighted by Gasteiger charge is 2.23. The van der Waals surface area contributed by atoms with Gasteiger partial charge in [-0.25, -0.2) is 4.68 Å². The van der Waals surface area contributed by atoms with E-state index in [-0.39, 0.29) is 41.9 Å². The van der Waals surface area contributed by atoms with Crippen LogP contribution < -0.4 is 15.2 Å². The average Bonchev–Trinajstić information content (AvgIpc) is 3.33. The summed E-state index contributed by atoms with van der Waals surface area (Å²) in [6.45, 7) is 7.78. The molecule has 2 aromatic heterocycles. The van der Waals surface area contributed by atoms with E-state index in [1.165, 1.54) is 11.8 Å². The topological polar surface area (TPSA) is 126 Å². The molecule has 10 heteroatoms. The molecule has 1 amide bonds.